The molecule has 0 saturated carbocycles. The van der Waals surface area contributed by atoms with Crippen molar-refractivity contribution in [3.63, 3.8) is 0 Å². The minimum Gasteiger partial charge on any atom is -0.351 e. The predicted octanol–water partition coefficient (Wildman–Crippen LogP) is 0.199. The topological polar surface area (TPSA) is 93.1 Å². The largest absolute Gasteiger partial charge is 0.351 e. The molecular weight excluding hydrogens is 316 g/mol. The smallest absolute Gasteiger partial charge is 0.340 e. The SMILES string of the molecule is O=C(/C=C/c1cccnc1)NCC1CC=C(Nn2c(=O)c2=O)S1. The molecule has 2 N–H and O–H groups in total. The van der Waals surface area contributed by atoms with Gasteiger partial charge in [0.05, 0.1) is 5.03 Å². The second-order valence-corrected chi connectivity index (χ2v) is 6.31. The van der Waals surface area contributed by atoms with E-state index in [1.165, 1.54) is 17.8 Å². The molecule has 2 aromatic rings. The highest BCUT2D eigenvalue weighted by molar-refractivity contribution is 8.04. The Morgan fingerprint density at radius 2 is 2.26 bits per heavy atom. The second kappa shape index (κ2) is 6.66. The molecule has 0 spiro atoms. The molecule has 0 fully saturated rings. The van der Waals surface area contributed by atoms with E-state index >= 15 is 0 Å². The van der Waals surface area contributed by atoms with Gasteiger partial charge in [0.25, 0.3) is 0 Å². The molecule has 8 heteroatoms. The highest BCUT2D eigenvalue weighted by atomic mass is 32.2. The average Bonchev–Trinajstić information content (AvgIpc) is 2.96. The van der Waals surface area contributed by atoms with Gasteiger partial charge in [-0.2, -0.15) is 4.68 Å². The molecule has 1 unspecified atom stereocenters. The van der Waals surface area contributed by atoms with Crippen LogP contribution in [0.5, 0.6) is 0 Å². The number of carbonyl (C=O) groups excluding carboxylic acids is 1. The maximum Gasteiger partial charge on any atom is 0.340 e. The molecule has 1 atom stereocenters. The number of thioether (sulfide) groups is 1. The van der Waals surface area contributed by atoms with Crippen molar-refractivity contribution < 1.29 is 4.79 Å². The zero-order valence-corrected chi connectivity index (χ0v) is 12.9. The van der Waals surface area contributed by atoms with Crippen molar-refractivity contribution >= 4 is 23.7 Å². The summed E-state index contributed by atoms with van der Waals surface area (Å²) >= 11 is 1.49. The van der Waals surface area contributed by atoms with Gasteiger partial charge in [-0.05, 0) is 24.1 Å². The van der Waals surface area contributed by atoms with Gasteiger partial charge < -0.3 is 5.32 Å². The monoisotopic (exact) mass is 330 g/mol. The van der Waals surface area contributed by atoms with Crippen LogP contribution in [0.15, 0.2) is 51.3 Å². The molecule has 1 amide bonds. The summed E-state index contributed by atoms with van der Waals surface area (Å²) in [4.78, 5) is 37.5. The van der Waals surface area contributed by atoms with Crippen LogP contribution in [-0.4, -0.2) is 27.4 Å². The van der Waals surface area contributed by atoms with Crippen LogP contribution in [0.2, 0.25) is 0 Å². The number of amides is 1. The van der Waals surface area contributed by atoms with Gasteiger partial charge in [0.2, 0.25) is 5.91 Å². The summed E-state index contributed by atoms with van der Waals surface area (Å²) in [5, 5.41) is 3.76. The third kappa shape index (κ3) is 3.98. The van der Waals surface area contributed by atoms with E-state index < -0.39 is 11.1 Å². The van der Waals surface area contributed by atoms with Crippen molar-refractivity contribution in [1.29, 1.82) is 0 Å². The van der Waals surface area contributed by atoms with E-state index in [-0.39, 0.29) is 11.2 Å². The average molecular weight is 330 g/mol. The van der Waals surface area contributed by atoms with Gasteiger partial charge in [-0.15, -0.1) is 11.8 Å². The Morgan fingerprint density at radius 3 is 2.96 bits per heavy atom. The van der Waals surface area contributed by atoms with Crippen LogP contribution in [0.3, 0.4) is 0 Å². The van der Waals surface area contributed by atoms with Crippen LogP contribution in [0, 0.1) is 0 Å². The van der Waals surface area contributed by atoms with Gasteiger partial charge in [-0.3, -0.25) is 24.8 Å². The molecule has 118 valence electrons. The number of hydrogen-bond donors (Lipinski definition) is 2. The number of allylic oxidation sites excluding steroid dienone is 1. The summed E-state index contributed by atoms with van der Waals surface area (Å²) in [6.07, 6.45) is 9.19. The molecule has 23 heavy (non-hydrogen) atoms. The molecule has 3 rings (SSSR count). The number of nitrogens with zero attached hydrogens (tertiary/aromatic N) is 2. The summed E-state index contributed by atoms with van der Waals surface area (Å²) in [6.45, 7) is 0.504. The maximum atomic E-state index is 11.8. The maximum absolute atomic E-state index is 11.8. The lowest BCUT2D eigenvalue weighted by atomic mass is 10.2. The molecule has 1 aliphatic heterocycles. The quantitative estimate of drug-likeness (QED) is 0.580. The number of hydrogen-bond acceptors (Lipinski definition) is 6. The molecule has 7 nitrogen and oxygen atoms in total. The first kappa shape index (κ1) is 15.3. The lowest BCUT2D eigenvalue weighted by Crippen LogP contribution is -2.28. The minimum absolute atomic E-state index is 0.174. The molecule has 0 radical (unpaired) electrons. The second-order valence-electron chi connectivity index (χ2n) is 4.97. The number of rotatable bonds is 6. The third-order valence-electron chi connectivity index (χ3n) is 3.24. The fourth-order valence-corrected chi connectivity index (χ4v) is 3.03. The van der Waals surface area contributed by atoms with E-state index in [0.717, 1.165) is 21.7 Å². The van der Waals surface area contributed by atoms with Crippen molar-refractivity contribution in [3.8, 4) is 0 Å². The molecule has 1 aliphatic rings. The first-order valence-corrected chi connectivity index (χ1v) is 7.89. The van der Waals surface area contributed by atoms with Crippen LogP contribution in [0.25, 0.3) is 6.08 Å². The number of nitrogens with one attached hydrogen (secondary N) is 2. The van der Waals surface area contributed by atoms with Crippen molar-refractivity contribution in [2.24, 2.45) is 0 Å². The van der Waals surface area contributed by atoms with E-state index in [9.17, 15) is 14.4 Å². The Kier molecular flexibility index (Phi) is 4.42. The van der Waals surface area contributed by atoms with Crippen LogP contribution >= 0.6 is 11.8 Å². The van der Waals surface area contributed by atoms with Crippen molar-refractivity contribution in [1.82, 2.24) is 15.0 Å². The van der Waals surface area contributed by atoms with Gasteiger partial charge >= 0.3 is 11.1 Å². The zero-order chi connectivity index (χ0) is 16.2. The van der Waals surface area contributed by atoms with Gasteiger partial charge in [0.1, 0.15) is 0 Å². The number of aromatic nitrogens is 2. The van der Waals surface area contributed by atoms with Gasteiger partial charge in [0, 0.05) is 30.3 Å². The minimum atomic E-state index is -0.524. The Balaban J connectivity index is 1.41. The summed E-state index contributed by atoms with van der Waals surface area (Å²) in [6, 6.07) is 3.67. The Morgan fingerprint density at radius 1 is 1.43 bits per heavy atom. The van der Waals surface area contributed by atoms with Crippen molar-refractivity contribution in [2.45, 2.75) is 11.7 Å². The number of pyridine rings is 1. The zero-order valence-electron chi connectivity index (χ0n) is 12.1. The van der Waals surface area contributed by atoms with Gasteiger partial charge in [-0.1, -0.05) is 12.1 Å². The molecule has 0 bridgehead atoms. The Hall–Kier alpha value is -2.61. The fourth-order valence-electron chi connectivity index (χ4n) is 1.98. The van der Waals surface area contributed by atoms with E-state index in [1.54, 1.807) is 24.5 Å². The summed E-state index contributed by atoms with van der Waals surface area (Å²) in [5.74, 6) is -0.174. The first-order chi connectivity index (χ1) is 11.1. The number of carbonyl (C=O) groups is 1. The van der Waals surface area contributed by atoms with E-state index in [0.29, 0.717) is 6.54 Å². The van der Waals surface area contributed by atoms with Gasteiger partial charge in [-0.25, -0.2) is 0 Å². The Bertz CT molecular complexity index is 808. The molecule has 0 aliphatic carbocycles. The molecule has 0 saturated heterocycles. The molecular formula is C15H14N4O3S. The normalized spacial score (nSPS) is 17.6. The lowest BCUT2D eigenvalue weighted by molar-refractivity contribution is -0.116. The van der Waals surface area contributed by atoms with Crippen LogP contribution in [0.1, 0.15) is 12.0 Å². The van der Waals surface area contributed by atoms with Crippen LogP contribution in [0.4, 0.5) is 0 Å². The van der Waals surface area contributed by atoms with Crippen LogP contribution < -0.4 is 21.9 Å². The van der Waals surface area contributed by atoms with Gasteiger partial charge in [0.15, 0.2) is 0 Å². The van der Waals surface area contributed by atoms with E-state index in [1.807, 2.05) is 12.1 Å². The lowest BCUT2D eigenvalue weighted by Gasteiger charge is -2.10. The molecule has 0 aromatic carbocycles. The Labute approximate surface area is 135 Å². The molecule has 3 heterocycles. The molecule has 2 aromatic heterocycles. The predicted molar refractivity (Wildman–Crippen MR) is 89.1 cm³/mol. The first-order valence-electron chi connectivity index (χ1n) is 7.01. The summed E-state index contributed by atoms with van der Waals surface area (Å²) in [7, 11) is 0. The van der Waals surface area contributed by atoms with E-state index in [4.69, 9.17) is 0 Å². The summed E-state index contributed by atoms with van der Waals surface area (Å²) in [5.41, 5.74) is 2.55. The third-order valence-corrected chi connectivity index (χ3v) is 4.44. The van der Waals surface area contributed by atoms with E-state index in [2.05, 4.69) is 15.7 Å². The van der Waals surface area contributed by atoms with Crippen LogP contribution in [-0.2, 0) is 4.79 Å². The van der Waals surface area contributed by atoms with Crippen molar-refractivity contribution in [3.05, 3.63) is 68.0 Å². The standard InChI is InChI=1S/C15H14N4O3S/c20-12(5-3-10-2-1-7-16-8-10)17-9-11-4-6-13(23-11)18-19-14(21)15(19)22/h1-3,5-8,11,18H,4,9H2,(H,17,20)/b5-3+. The van der Waals surface area contributed by atoms with Crippen molar-refractivity contribution in [2.75, 3.05) is 12.0 Å². The summed E-state index contributed by atoms with van der Waals surface area (Å²) < 4.78 is 0.969. The highest BCUT2D eigenvalue weighted by Gasteiger charge is 2.22. The highest BCUT2D eigenvalue weighted by Crippen LogP contribution is 2.30. The fraction of sp³-hybridized carbons (Fsp3) is 0.200.